The van der Waals surface area contributed by atoms with Gasteiger partial charge in [-0.05, 0) is 24.1 Å². The van der Waals surface area contributed by atoms with Crippen LogP contribution in [-0.4, -0.2) is 15.8 Å². The van der Waals surface area contributed by atoms with E-state index in [9.17, 15) is 4.39 Å². The van der Waals surface area contributed by atoms with E-state index in [4.69, 9.17) is 0 Å². The van der Waals surface area contributed by atoms with Gasteiger partial charge in [0.15, 0.2) is 0 Å². The third-order valence-corrected chi connectivity index (χ3v) is 3.32. The Bertz CT molecular complexity index is 543. The van der Waals surface area contributed by atoms with Gasteiger partial charge in [0, 0.05) is 23.8 Å². The second-order valence-electron chi connectivity index (χ2n) is 5.29. The van der Waals surface area contributed by atoms with E-state index in [1.807, 2.05) is 23.0 Å². The first-order chi connectivity index (χ1) is 9.60. The highest BCUT2D eigenvalue weighted by molar-refractivity contribution is 5.21. The molecule has 0 amide bonds. The van der Waals surface area contributed by atoms with Crippen molar-refractivity contribution in [2.75, 3.05) is 0 Å². The normalized spacial score (nSPS) is 11.2. The molecule has 1 heterocycles. The molecule has 0 saturated carbocycles. The Labute approximate surface area is 119 Å². The maximum absolute atomic E-state index is 12.9. The van der Waals surface area contributed by atoms with Crippen LogP contribution in [0.4, 0.5) is 4.39 Å². The molecule has 2 aromatic rings. The van der Waals surface area contributed by atoms with E-state index < -0.39 is 0 Å². The lowest BCUT2D eigenvalue weighted by molar-refractivity contribution is 0.582. The van der Waals surface area contributed by atoms with Crippen LogP contribution in [0.1, 0.15) is 37.6 Å². The fourth-order valence-corrected chi connectivity index (χ4v) is 2.22. The minimum absolute atomic E-state index is 0.202. The molecule has 0 radical (unpaired) electrons. The van der Waals surface area contributed by atoms with E-state index in [-0.39, 0.29) is 5.82 Å². The van der Waals surface area contributed by atoms with Crippen molar-refractivity contribution in [2.24, 2.45) is 0 Å². The number of hydrogen-bond donors (Lipinski definition) is 1. The van der Waals surface area contributed by atoms with Crippen LogP contribution in [-0.2, 0) is 19.5 Å². The minimum Gasteiger partial charge on any atom is -0.310 e. The lowest BCUT2D eigenvalue weighted by Gasteiger charge is -2.10. The smallest absolute Gasteiger partial charge is 0.123 e. The number of rotatable bonds is 6. The third-order valence-electron chi connectivity index (χ3n) is 3.32. The number of benzene rings is 1. The molecule has 0 spiro atoms. The third kappa shape index (κ3) is 3.67. The number of aromatic nitrogens is 2. The highest BCUT2D eigenvalue weighted by Crippen LogP contribution is 2.13. The van der Waals surface area contributed by atoms with Crippen molar-refractivity contribution in [2.45, 2.75) is 46.3 Å². The van der Waals surface area contributed by atoms with Crippen LogP contribution in [0.25, 0.3) is 0 Å². The van der Waals surface area contributed by atoms with Crippen molar-refractivity contribution >= 4 is 0 Å². The van der Waals surface area contributed by atoms with E-state index in [1.165, 1.54) is 23.4 Å². The lowest BCUT2D eigenvalue weighted by Crippen LogP contribution is -2.22. The molecule has 0 aliphatic carbocycles. The molecule has 20 heavy (non-hydrogen) atoms. The predicted octanol–water partition coefficient (Wildman–Crippen LogP) is 3.13. The molecule has 0 fully saturated rings. The van der Waals surface area contributed by atoms with E-state index in [1.54, 1.807) is 0 Å². The van der Waals surface area contributed by atoms with Gasteiger partial charge >= 0.3 is 0 Å². The second kappa shape index (κ2) is 6.66. The highest BCUT2D eigenvalue weighted by atomic mass is 19.1. The van der Waals surface area contributed by atoms with Gasteiger partial charge in [0.25, 0.3) is 0 Å². The molecular weight excluding hydrogens is 253 g/mol. The van der Waals surface area contributed by atoms with E-state index >= 15 is 0 Å². The van der Waals surface area contributed by atoms with E-state index in [0.717, 1.165) is 18.5 Å². The maximum Gasteiger partial charge on any atom is 0.123 e. The molecule has 2 rings (SSSR count). The molecule has 1 aromatic carbocycles. The Morgan fingerprint density at radius 2 is 1.95 bits per heavy atom. The number of nitrogens with one attached hydrogen (secondary N) is 1. The van der Waals surface area contributed by atoms with Crippen LogP contribution < -0.4 is 5.32 Å². The summed E-state index contributed by atoms with van der Waals surface area (Å²) in [6.45, 7) is 7.93. The molecule has 1 N–H and O–H groups in total. The number of hydrogen-bond acceptors (Lipinski definition) is 2. The molecule has 0 aliphatic rings. The Kier molecular flexibility index (Phi) is 4.90. The SMILES string of the molecule is CCc1c(CNC(C)C)cnn1Cc1ccc(F)cc1. The summed E-state index contributed by atoms with van der Waals surface area (Å²) in [7, 11) is 0. The fraction of sp³-hybridized carbons (Fsp3) is 0.438. The minimum atomic E-state index is -0.202. The van der Waals surface area contributed by atoms with Gasteiger partial charge in [-0.15, -0.1) is 0 Å². The van der Waals surface area contributed by atoms with Crippen LogP contribution in [0, 0.1) is 5.82 Å². The van der Waals surface area contributed by atoms with E-state index in [2.05, 4.69) is 31.2 Å². The number of nitrogens with zero attached hydrogens (tertiary/aromatic N) is 2. The summed E-state index contributed by atoms with van der Waals surface area (Å²) in [5, 5.41) is 7.88. The molecule has 1 aromatic heterocycles. The zero-order valence-corrected chi connectivity index (χ0v) is 12.4. The van der Waals surface area contributed by atoms with Gasteiger partial charge in [0.2, 0.25) is 0 Å². The molecule has 0 saturated heterocycles. The summed E-state index contributed by atoms with van der Waals surface area (Å²) < 4.78 is 14.9. The summed E-state index contributed by atoms with van der Waals surface area (Å²) >= 11 is 0. The predicted molar refractivity (Wildman–Crippen MR) is 79.1 cm³/mol. The average molecular weight is 275 g/mol. The standard InChI is InChI=1S/C16H22FN3/c1-4-16-14(9-18-12(2)3)10-19-20(16)11-13-5-7-15(17)8-6-13/h5-8,10,12,18H,4,9,11H2,1-3H3. The second-order valence-corrected chi connectivity index (χ2v) is 5.29. The first-order valence-corrected chi connectivity index (χ1v) is 7.11. The summed E-state index contributed by atoms with van der Waals surface area (Å²) in [6.07, 6.45) is 2.87. The van der Waals surface area contributed by atoms with Crippen molar-refractivity contribution in [3.8, 4) is 0 Å². The highest BCUT2D eigenvalue weighted by Gasteiger charge is 2.09. The van der Waals surface area contributed by atoms with Crippen LogP contribution in [0.5, 0.6) is 0 Å². The summed E-state index contributed by atoms with van der Waals surface area (Å²) in [5.41, 5.74) is 3.54. The zero-order valence-electron chi connectivity index (χ0n) is 12.4. The zero-order chi connectivity index (χ0) is 14.5. The quantitative estimate of drug-likeness (QED) is 0.877. The molecule has 3 nitrogen and oxygen atoms in total. The average Bonchev–Trinajstić information content (AvgIpc) is 2.81. The Hall–Kier alpha value is -1.68. The largest absolute Gasteiger partial charge is 0.310 e. The van der Waals surface area contributed by atoms with Gasteiger partial charge < -0.3 is 5.32 Å². The number of halogens is 1. The van der Waals surface area contributed by atoms with Crippen LogP contribution in [0.15, 0.2) is 30.5 Å². The summed E-state index contributed by atoms with van der Waals surface area (Å²) in [4.78, 5) is 0. The fourth-order valence-electron chi connectivity index (χ4n) is 2.22. The van der Waals surface area contributed by atoms with Gasteiger partial charge in [0.1, 0.15) is 5.82 Å². The Morgan fingerprint density at radius 3 is 2.55 bits per heavy atom. The van der Waals surface area contributed by atoms with Gasteiger partial charge in [-0.3, -0.25) is 4.68 Å². The van der Waals surface area contributed by atoms with Crippen LogP contribution in [0.3, 0.4) is 0 Å². The van der Waals surface area contributed by atoms with Crippen LogP contribution >= 0.6 is 0 Å². The molecule has 108 valence electrons. The first kappa shape index (κ1) is 14.7. The molecule has 0 bridgehead atoms. The molecule has 4 heteroatoms. The van der Waals surface area contributed by atoms with Crippen molar-refractivity contribution in [3.05, 3.63) is 53.1 Å². The molecule has 0 unspecified atom stereocenters. The van der Waals surface area contributed by atoms with Crippen LogP contribution in [0.2, 0.25) is 0 Å². The summed E-state index contributed by atoms with van der Waals surface area (Å²) in [5.74, 6) is -0.202. The van der Waals surface area contributed by atoms with Gasteiger partial charge in [-0.1, -0.05) is 32.9 Å². The van der Waals surface area contributed by atoms with Gasteiger partial charge in [-0.2, -0.15) is 5.10 Å². The first-order valence-electron chi connectivity index (χ1n) is 7.11. The molecule has 0 atom stereocenters. The van der Waals surface area contributed by atoms with Crippen molar-refractivity contribution < 1.29 is 4.39 Å². The van der Waals surface area contributed by atoms with Gasteiger partial charge in [-0.25, -0.2) is 4.39 Å². The molecular formula is C16H22FN3. The van der Waals surface area contributed by atoms with Crippen molar-refractivity contribution in [3.63, 3.8) is 0 Å². The Balaban J connectivity index is 2.13. The maximum atomic E-state index is 12.9. The lowest BCUT2D eigenvalue weighted by atomic mass is 10.2. The monoisotopic (exact) mass is 275 g/mol. The molecule has 0 aliphatic heterocycles. The van der Waals surface area contributed by atoms with E-state index in [0.29, 0.717) is 12.6 Å². The van der Waals surface area contributed by atoms with Gasteiger partial charge in [0.05, 0.1) is 12.7 Å². The topological polar surface area (TPSA) is 29.9 Å². The summed E-state index contributed by atoms with van der Waals surface area (Å²) in [6, 6.07) is 7.06. The van der Waals surface area contributed by atoms with Crippen molar-refractivity contribution in [1.29, 1.82) is 0 Å². The van der Waals surface area contributed by atoms with Crippen molar-refractivity contribution in [1.82, 2.24) is 15.1 Å². The Morgan fingerprint density at radius 1 is 1.25 bits per heavy atom.